The lowest BCUT2D eigenvalue weighted by atomic mass is 10.0. The lowest BCUT2D eigenvalue weighted by molar-refractivity contribution is 0.187. The van der Waals surface area contributed by atoms with Crippen molar-refractivity contribution in [3.05, 3.63) is 0 Å². The molecule has 0 aromatic rings. The smallest absolute Gasteiger partial charge is 0.00938 e. The number of nitrogens with one attached hydrogen (secondary N) is 1. The van der Waals surface area contributed by atoms with Crippen LogP contribution >= 0.6 is 0 Å². The van der Waals surface area contributed by atoms with Gasteiger partial charge in [0.2, 0.25) is 0 Å². The largest absolute Gasteiger partial charge is 0.311 e. The number of rotatable bonds is 7. The second-order valence-electron chi connectivity index (χ2n) is 6.17. The van der Waals surface area contributed by atoms with E-state index in [2.05, 4.69) is 37.9 Å². The van der Waals surface area contributed by atoms with Crippen molar-refractivity contribution in [3.63, 3.8) is 0 Å². The molecule has 1 aliphatic heterocycles. The molecule has 1 N–H and O–H groups in total. The monoisotopic (exact) mass is 240 g/mol. The zero-order valence-corrected chi connectivity index (χ0v) is 12.3. The fourth-order valence-corrected chi connectivity index (χ4v) is 2.88. The van der Waals surface area contributed by atoms with Gasteiger partial charge in [-0.1, -0.05) is 27.2 Å². The van der Waals surface area contributed by atoms with Crippen molar-refractivity contribution in [1.82, 2.24) is 10.2 Å². The fraction of sp³-hybridized carbons (Fsp3) is 1.00. The van der Waals surface area contributed by atoms with Crippen LogP contribution in [0.15, 0.2) is 0 Å². The number of piperidine rings is 1. The summed E-state index contributed by atoms with van der Waals surface area (Å²) in [5, 5.41) is 3.80. The molecular weight excluding hydrogens is 208 g/mol. The van der Waals surface area contributed by atoms with Gasteiger partial charge in [0, 0.05) is 12.1 Å². The van der Waals surface area contributed by atoms with Crippen LogP contribution in [0.1, 0.15) is 59.8 Å². The molecule has 1 aliphatic rings. The third-order valence-electron chi connectivity index (χ3n) is 3.76. The van der Waals surface area contributed by atoms with Gasteiger partial charge in [-0.25, -0.2) is 0 Å². The highest BCUT2D eigenvalue weighted by Gasteiger charge is 2.19. The third kappa shape index (κ3) is 6.42. The summed E-state index contributed by atoms with van der Waals surface area (Å²) in [5.74, 6) is 0.808. The Hall–Kier alpha value is -0.0800. The van der Waals surface area contributed by atoms with Crippen LogP contribution in [-0.4, -0.2) is 36.6 Å². The molecule has 0 saturated carbocycles. The fourth-order valence-electron chi connectivity index (χ4n) is 2.88. The summed E-state index contributed by atoms with van der Waals surface area (Å²) in [7, 11) is 0. The van der Waals surface area contributed by atoms with Crippen molar-refractivity contribution < 1.29 is 0 Å². The van der Waals surface area contributed by atoms with Crippen LogP contribution in [0.3, 0.4) is 0 Å². The molecule has 1 fully saturated rings. The Bertz CT molecular complexity index is 183. The minimum Gasteiger partial charge on any atom is -0.311 e. The maximum absolute atomic E-state index is 3.80. The van der Waals surface area contributed by atoms with E-state index >= 15 is 0 Å². The summed E-state index contributed by atoms with van der Waals surface area (Å²) in [5.41, 5.74) is 0. The summed E-state index contributed by atoms with van der Waals surface area (Å²) in [6, 6.07) is 1.45. The molecule has 2 heteroatoms. The van der Waals surface area contributed by atoms with Crippen LogP contribution in [0, 0.1) is 5.92 Å². The first-order chi connectivity index (χ1) is 8.11. The highest BCUT2D eigenvalue weighted by Crippen LogP contribution is 2.13. The van der Waals surface area contributed by atoms with Gasteiger partial charge in [0.25, 0.3) is 0 Å². The van der Waals surface area contributed by atoms with Gasteiger partial charge in [0.15, 0.2) is 0 Å². The topological polar surface area (TPSA) is 15.3 Å². The van der Waals surface area contributed by atoms with E-state index in [1.54, 1.807) is 0 Å². The average molecular weight is 240 g/mol. The molecular formula is C15H32N2. The summed E-state index contributed by atoms with van der Waals surface area (Å²) in [4.78, 5) is 2.63. The predicted octanol–water partition coefficient (Wildman–Crippen LogP) is 3.28. The molecule has 1 heterocycles. The summed E-state index contributed by atoms with van der Waals surface area (Å²) >= 11 is 0. The molecule has 0 aliphatic carbocycles. The summed E-state index contributed by atoms with van der Waals surface area (Å²) in [6.07, 6.45) is 6.67. The summed E-state index contributed by atoms with van der Waals surface area (Å²) in [6.45, 7) is 13.1. The van der Waals surface area contributed by atoms with Crippen LogP contribution in [0.4, 0.5) is 0 Å². The van der Waals surface area contributed by atoms with Crippen molar-refractivity contribution in [3.8, 4) is 0 Å². The average Bonchev–Trinajstić information content (AvgIpc) is 2.27. The first kappa shape index (κ1) is 15.0. The number of likely N-dealkylation sites (tertiary alicyclic amines) is 1. The maximum atomic E-state index is 3.80. The van der Waals surface area contributed by atoms with Gasteiger partial charge in [-0.2, -0.15) is 0 Å². The number of hydrogen-bond acceptors (Lipinski definition) is 2. The Kier molecular flexibility index (Phi) is 7.14. The standard InChI is InChI=1S/C15H32N2/c1-5-6-9-17-10-7-15(8-11-17)16-14(4)12-13(2)3/h13-16H,5-12H2,1-4H3. The van der Waals surface area contributed by atoms with Gasteiger partial charge < -0.3 is 10.2 Å². The Morgan fingerprint density at radius 3 is 2.35 bits per heavy atom. The second-order valence-corrected chi connectivity index (χ2v) is 6.17. The predicted molar refractivity (Wildman–Crippen MR) is 76.4 cm³/mol. The molecule has 1 atom stereocenters. The van der Waals surface area contributed by atoms with E-state index in [1.165, 1.54) is 51.7 Å². The van der Waals surface area contributed by atoms with Gasteiger partial charge in [0.05, 0.1) is 0 Å². The quantitative estimate of drug-likeness (QED) is 0.735. The SMILES string of the molecule is CCCCN1CCC(NC(C)CC(C)C)CC1. The molecule has 0 aromatic heterocycles. The lowest BCUT2D eigenvalue weighted by Crippen LogP contribution is -2.45. The van der Waals surface area contributed by atoms with E-state index in [0.717, 1.165) is 12.0 Å². The molecule has 0 aromatic carbocycles. The molecule has 0 spiro atoms. The maximum Gasteiger partial charge on any atom is 0.00938 e. The number of hydrogen-bond donors (Lipinski definition) is 1. The van der Waals surface area contributed by atoms with Crippen LogP contribution in [0.5, 0.6) is 0 Å². The molecule has 0 bridgehead atoms. The molecule has 1 unspecified atom stereocenters. The molecule has 1 saturated heterocycles. The molecule has 0 amide bonds. The zero-order valence-electron chi connectivity index (χ0n) is 12.3. The highest BCUT2D eigenvalue weighted by molar-refractivity contribution is 4.79. The van der Waals surface area contributed by atoms with E-state index in [0.29, 0.717) is 6.04 Å². The van der Waals surface area contributed by atoms with Gasteiger partial charge in [-0.15, -0.1) is 0 Å². The second kappa shape index (κ2) is 8.10. The zero-order chi connectivity index (χ0) is 12.7. The Morgan fingerprint density at radius 1 is 1.18 bits per heavy atom. The van der Waals surface area contributed by atoms with E-state index < -0.39 is 0 Å². The Labute approximate surface area is 108 Å². The van der Waals surface area contributed by atoms with Crippen molar-refractivity contribution >= 4 is 0 Å². The van der Waals surface area contributed by atoms with Crippen molar-refractivity contribution in [2.45, 2.75) is 71.9 Å². The number of nitrogens with zero attached hydrogens (tertiary/aromatic N) is 1. The van der Waals surface area contributed by atoms with E-state index in [9.17, 15) is 0 Å². The van der Waals surface area contributed by atoms with Crippen molar-refractivity contribution in [1.29, 1.82) is 0 Å². The lowest BCUT2D eigenvalue weighted by Gasteiger charge is -2.34. The van der Waals surface area contributed by atoms with Crippen molar-refractivity contribution in [2.75, 3.05) is 19.6 Å². The van der Waals surface area contributed by atoms with Crippen LogP contribution in [-0.2, 0) is 0 Å². The van der Waals surface area contributed by atoms with Gasteiger partial charge in [-0.3, -0.25) is 0 Å². The minimum atomic E-state index is 0.683. The first-order valence-corrected chi connectivity index (χ1v) is 7.60. The number of unbranched alkanes of at least 4 members (excludes halogenated alkanes) is 1. The molecule has 1 rings (SSSR count). The third-order valence-corrected chi connectivity index (χ3v) is 3.76. The normalized spacial score (nSPS) is 21.0. The molecule has 2 nitrogen and oxygen atoms in total. The van der Waals surface area contributed by atoms with Gasteiger partial charge in [0.1, 0.15) is 0 Å². The molecule has 0 radical (unpaired) electrons. The first-order valence-electron chi connectivity index (χ1n) is 7.60. The van der Waals surface area contributed by atoms with Gasteiger partial charge >= 0.3 is 0 Å². The Morgan fingerprint density at radius 2 is 1.82 bits per heavy atom. The Balaban J connectivity index is 2.14. The van der Waals surface area contributed by atoms with Crippen LogP contribution in [0.25, 0.3) is 0 Å². The van der Waals surface area contributed by atoms with Crippen LogP contribution < -0.4 is 5.32 Å². The minimum absolute atomic E-state index is 0.683. The molecule has 102 valence electrons. The van der Waals surface area contributed by atoms with Gasteiger partial charge in [-0.05, 0) is 58.2 Å². The summed E-state index contributed by atoms with van der Waals surface area (Å²) < 4.78 is 0. The van der Waals surface area contributed by atoms with Crippen LogP contribution in [0.2, 0.25) is 0 Å². The van der Waals surface area contributed by atoms with E-state index in [4.69, 9.17) is 0 Å². The van der Waals surface area contributed by atoms with E-state index in [1.807, 2.05) is 0 Å². The highest BCUT2D eigenvalue weighted by atomic mass is 15.1. The van der Waals surface area contributed by atoms with Crippen molar-refractivity contribution in [2.24, 2.45) is 5.92 Å². The van der Waals surface area contributed by atoms with E-state index in [-0.39, 0.29) is 0 Å². The molecule has 17 heavy (non-hydrogen) atoms.